The number of H-pyrrole nitrogens is 1. The van der Waals surface area contributed by atoms with Crippen LogP contribution in [0.25, 0.3) is 10.9 Å². The van der Waals surface area contributed by atoms with Crippen LogP contribution in [0.15, 0.2) is 12.1 Å². The molecule has 1 radical (unpaired) electrons. The maximum absolute atomic E-state index is 4.08. The molecule has 16 heavy (non-hydrogen) atoms. The summed E-state index contributed by atoms with van der Waals surface area (Å²) in [6.45, 7) is 4.08. The second kappa shape index (κ2) is 3.96. The lowest BCUT2D eigenvalue weighted by Gasteiger charge is -2.06. The van der Waals surface area contributed by atoms with Gasteiger partial charge in [0.15, 0.2) is 0 Å². The Bertz CT molecular complexity index is 513. The number of hydrogen-bond acceptors (Lipinski definition) is 3. The highest BCUT2D eigenvalue weighted by Gasteiger charge is 2.10. The molecule has 4 heteroatoms. The van der Waals surface area contributed by atoms with Crippen molar-refractivity contribution < 1.29 is 0 Å². The Balaban J connectivity index is 2.76. The molecule has 0 aliphatic rings. The topological polar surface area (TPSA) is 51.9 Å². The van der Waals surface area contributed by atoms with E-state index in [4.69, 9.17) is 0 Å². The first kappa shape index (κ1) is 10.7. The molecule has 0 saturated heterocycles. The summed E-state index contributed by atoms with van der Waals surface area (Å²) in [7, 11) is 5.71. The normalized spacial score (nSPS) is 10.5. The SMILES string of the molecule is [CH2]c1c(NC)[nH]c2c(NC)cc(NC)cc12. The molecule has 4 nitrogen and oxygen atoms in total. The van der Waals surface area contributed by atoms with Gasteiger partial charge >= 0.3 is 0 Å². The summed E-state index contributed by atoms with van der Waals surface area (Å²) in [6, 6.07) is 4.16. The van der Waals surface area contributed by atoms with Crippen LogP contribution in [0.3, 0.4) is 0 Å². The lowest BCUT2D eigenvalue weighted by Crippen LogP contribution is -1.93. The highest BCUT2D eigenvalue weighted by Crippen LogP contribution is 2.33. The Labute approximate surface area is 95.4 Å². The fourth-order valence-corrected chi connectivity index (χ4v) is 1.90. The Kier molecular flexibility index (Phi) is 2.64. The van der Waals surface area contributed by atoms with Gasteiger partial charge in [0.25, 0.3) is 0 Å². The smallest absolute Gasteiger partial charge is 0.107 e. The van der Waals surface area contributed by atoms with Crippen molar-refractivity contribution in [3.8, 4) is 0 Å². The second-order valence-electron chi connectivity index (χ2n) is 3.67. The molecular formula is C12H17N4. The van der Waals surface area contributed by atoms with Gasteiger partial charge in [-0.15, -0.1) is 0 Å². The van der Waals surface area contributed by atoms with Gasteiger partial charge in [-0.3, -0.25) is 0 Å². The van der Waals surface area contributed by atoms with E-state index in [0.29, 0.717) is 0 Å². The number of benzene rings is 1. The number of nitrogens with one attached hydrogen (secondary N) is 4. The van der Waals surface area contributed by atoms with Crippen molar-refractivity contribution >= 4 is 28.1 Å². The van der Waals surface area contributed by atoms with Crippen LogP contribution in [0.1, 0.15) is 5.56 Å². The van der Waals surface area contributed by atoms with Crippen molar-refractivity contribution in [2.45, 2.75) is 0 Å². The van der Waals surface area contributed by atoms with Gasteiger partial charge in [-0.2, -0.15) is 0 Å². The van der Waals surface area contributed by atoms with E-state index in [1.54, 1.807) is 0 Å². The first-order valence-corrected chi connectivity index (χ1v) is 5.26. The third-order valence-corrected chi connectivity index (χ3v) is 2.82. The largest absolute Gasteiger partial charge is 0.388 e. The molecule has 0 bridgehead atoms. The van der Waals surface area contributed by atoms with Crippen LogP contribution in [0.2, 0.25) is 0 Å². The van der Waals surface area contributed by atoms with Crippen molar-refractivity contribution in [2.75, 3.05) is 37.1 Å². The Morgan fingerprint density at radius 3 is 2.38 bits per heavy atom. The maximum Gasteiger partial charge on any atom is 0.107 e. The molecule has 0 fully saturated rings. The van der Waals surface area contributed by atoms with Gasteiger partial charge in [-0.1, -0.05) is 0 Å². The van der Waals surface area contributed by atoms with E-state index in [1.807, 2.05) is 21.1 Å². The first-order valence-electron chi connectivity index (χ1n) is 5.26. The highest BCUT2D eigenvalue weighted by molar-refractivity contribution is 6.00. The van der Waals surface area contributed by atoms with E-state index in [2.05, 4.69) is 40.0 Å². The number of rotatable bonds is 3. The molecule has 1 aromatic carbocycles. The number of fused-ring (bicyclic) bond motifs is 1. The van der Waals surface area contributed by atoms with Crippen LogP contribution in [-0.2, 0) is 0 Å². The van der Waals surface area contributed by atoms with E-state index in [9.17, 15) is 0 Å². The summed E-state index contributed by atoms with van der Waals surface area (Å²) in [5, 5.41) is 10.6. The van der Waals surface area contributed by atoms with Gasteiger partial charge in [0.05, 0.1) is 11.2 Å². The van der Waals surface area contributed by atoms with Gasteiger partial charge < -0.3 is 20.9 Å². The predicted molar refractivity (Wildman–Crippen MR) is 71.4 cm³/mol. The summed E-state index contributed by atoms with van der Waals surface area (Å²) in [5.74, 6) is 0.958. The van der Waals surface area contributed by atoms with Gasteiger partial charge in [0, 0.05) is 37.8 Å². The van der Waals surface area contributed by atoms with E-state index in [1.165, 1.54) is 0 Å². The quantitative estimate of drug-likeness (QED) is 0.639. The maximum atomic E-state index is 4.08. The van der Waals surface area contributed by atoms with Gasteiger partial charge in [0.1, 0.15) is 5.82 Å². The van der Waals surface area contributed by atoms with E-state index in [0.717, 1.165) is 33.7 Å². The molecule has 1 heterocycles. The van der Waals surface area contributed by atoms with Gasteiger partial charge in [-0.05, 0) is 19.1 Å². The third kappa shape index (κ3) is 1.46. The Morgan fingerprint density at radius 2 is 1.81 bits per heavy atom. The van der Waals surface area contributed by atoms with Gasteiger partial charge in [0.2, 0.25) is 0 Å². The molecule has 2 aromatic rings. The average Bonchev–Trinajstić information content (AvgIpc) is 2.65. The zero-order valence-corrected chi connectivity index (χ0v) is 9.86. The summed E-state index contributed by atoms with van der Waals surface area (Å²) < 4.78 is 0. The van der Waals surface area contributed by atoms with Crippen LogP contribution in [0, 0.1) is 6.92 Å². The fourth-order valence-electron chi connectivity index (χ4n) is 1.90. The summed E-state index contributed by atoms with van der Waals surface area (Å²) in [6.07, 6.45) is 0. The lowest BCUT2D eigenvalue weighted by atomic mass is 10.1. The monoisotopic (exact) mass is 217 g/mol. The molecule has 0 saturated carbocycles. The van der Waals surface area contributed by atoms with Crippen LogP contribution in [0.4, 0.5) is 17.2 Å². The Morgan fingerprint density at radius 1 is 1.06 bits per heavy atom. The molecule has 4 N–H and O–H groups in total. The zero-order chi connectivity index (χ0) is 11.7. The highest BCUT2D eigenvalue weighted by atomic mass is 15.0. The summed E-state index contributed by atoms with van der Waals surface area (Å²) in [4.78, 5) is 3.32. The van der Waals surface area contributed by atoms with Crippen molar-refractivity contribution in [2.24, 2.45) is 0 Å². The standard InChI is InChI=1S/C12H17N4/c1-7-9-5-8(13-2)6-10(14-3)11(9)16-12(7)15-4/h5-6,13-16H,1H2,2-4H3. The Hall–Kier alpha value is -1.84. The second-order valence-corrected chi connectivity index (χ2v) is 3.67. The number of hydrogen-bond donors (Lipinski definition) is 4. The van der Waals surface area contributed by atoms with Crippen molar-refractivity contribution in [1.29, 1.82) is 0 Å². The predicted octanol–water partition coefficient (Wildman–Crippen LogP) is 2.48. The number of aromatic amines is 1. The molecule has 2 rings (SSSR count). The molecular weight excluding hydrogens is 200 g/mol. The molecule has 0 aliphatic heterocycles. The van der Waals surface area contributed by atoms with Crippen molar-refractivity contribution in [1.82, 2.24) is 4.98 Å². The molecule has 0 amide bonds. The summed E-state index contributed by atoms with van der Waals surface area (Å²) in [5.41, 5.74) is 4.21. The number of anilines is 3. The molecule has 0 aliphatic carbocycles. The minimum absolute atomic E-state index is 0.958. The molecule has 0 unspecified atom stereocenters. The average molecular weight is 217 g/mol. The lowest BCUT2D eigenvalue weighted by molar-refractivity contribution is 1.37. The minimum Gasteiger partial charge on any atom is -0.388 e. The fraction of sp³-hybridized carbons (Fsp3) is 0.250. The molecule has 1 aromatic heterocycles. The van der Waals surface area contributed by atoms with Crippen LogP contribution in [-0.4, -0.2) is 26.1 Å². The van der Waals surface area contributed by atoms with Crippen LogP contribution < -0.4 is 16.0 Å². The van der Waals surface area contributed by atoms with E-state index < -0.39 is 0 Å². The van der Waals surface area contributed by atoms with Crippen molar-refractivity contribution in [3.63, 3.8) is 0 Å². The zero-order valence-electron chi connectivity index (χ0n) is 9.86. The molecule has 85 valence electrons. The minimum atomic E-state index is 0.958. The molecule has 0 spiro atoms. The molecule has 0 atom stereocenters. The third-order valence-electron chi connectivity index (χ3n) is 2.82. The van der Waals surface area contributed by atoms with Crippen LogP contribution >= 0.6 is 0 Å². The first-order chi connectivity index (χ1) is 7.71. The van der Waals surface area contributed by atoms with Gasteiger partial charge in [-0.25, -0.2) is 0 Å². The van der Waals surface area contributed by atoms with Crippen LogP contribution in [0.5, 0.6) is 0 Å². The summed E-state index contributed by atoms with van der Waals surface area (Å²) >= 11 is 0. The van der Waals surface area contributed by atoms with E-state index in [-0.39, 0.29) is 0 Å². The van der Waals surface area contributed by atoms with Crippen molar-refractivity contribution in [3.05, 3.63) is 24.6 Å². The van der Waals surface area contributed by atoms with E-state index >= 15 is 0 Å². The number of aromatic nitrogens is 1.